The fraction of sp³-hybridized carbons (Fsp3) is 0.227. The van der Waals surface area contributed by atoms with Crippen LogP contribution in [0.2, 0.25) is 0 Å². The number of amides is 1. The zero-order valence-corrected chi connectivity index (χ0v) is 15.9. The average Bonchev–Trinajstić information content (AvgIpc) is 2.69. The van der Waals surface area contributed by atoms with Gasteiger partial charge in [-0.15, -0.1) is 0 Å². The molecule has 0 atom stereocenters. The predicted octanol–water partition coefficient (Wildman–Crippen LogP) is 4.15. The molecule has 0 spiro atoms. The smallest absolute Gasteiger partial charge is 0.273 e. The molecule has 1 N–H and O–H groups in total. The second-order valence-electron chi connectivity index (χ2n) is 6.28. The summed E-state index contributed by atoms with van der Waals surface area (Å²) >= 11 is 0. The van der Waals surface area contributed by atoms with Crippen LogP contribution in [0.25, 0.3) is 10.9 Å². The van der Waals surface area contributed by atoms with Crippen molar-refractivity contribution in [1.29, 1.82) is 0 Å². The first-order chi connectivity index (χ1) is 13.1. The number of aryl methyl sites for hydroxylation is 1. The van der Waals surface area contributed by atoms with E-state index in [1.54, 1.807) is 6.21 Å². The van der Waals surface area contributed by atoms with Crippen LogP contribution in [0, 0.1) is 6.92 Å². The molecule has 3 rings (SSSR count). The number of benzene rings is 2. The number of para-hydroxylation sites is 1. The second-order valence-corrected chi connectivity index (χ2v) is 6.28. The van der Waals surface area contributed by atoms with Gasteiger partial charge in [0.05, 0.1) is 23.0 Å². The first kappa shape index (κ1) is 18.6. The van der Waals surface area contributed by atoms with E-state index in [0.29, 0.717) is 11.3 Å². The summed E-state index contributed by atoms with van der Waals surface area (Å²) < 4.78 is 0. The van der Waals surface area contributed by atoms with Crippen molar-refractivity contribution >= 4 is 28.7 Å². The maximum atomic E-state index is 12.4. The highest BCUT2D eigenvalue weighted by atomic mass is 16.2. The third kappa shape index (κ3) is 4.31. The van der Waals surface area contributed by atoms with Crippen molar-refractivity contribution in [1.82, 2.24) is 10.4 Å². The van der Waals surface area contributed by atoms with Gasteiger partial charge in [-0.3, -0.25) is 9.78 Å². The molecule has 27 heavy (non-hydrogen) atoms. The highest BCUT2D eigenvalue weighted by Gasteiger charge is 2.10. The molecule has 0 saturated carbocycles. The van der Waals surface area contributed by atoms with E-state index >= 15 is 0 Å². The van der Waals surface area contributed by atoms with E-state index in [-0.39, 0.29) is 5.91 Å². The SMILES string of the molecule is CCN(CC)c1ccc(/C=N\NC(=O)c2cc3ccccc3nc2C)cc1. The molecule has 0 fully saturated rings. The summed E-state index contributed by atoms with van der Waals surface area (Å²) in [4.78, 5) is 19.2. The van der Waals surface area contributed by atoms with Gasteiger partial charge in [0.2, 0.25) is 0 Å². The number of hydrogen-bond donors (Lipinski definition) is 1. The molecule has 0 aliphatic rings. The van der Waals surface area contributed by atoms with E-state index in [9.17, 15) is 4.79 Å². The molecule has 2 aromatic carbocycles. The van der Waals surface area contributed by atoms with Gasteiger partial charge in [0.15, 0.2) is 0 Å². The summed E-state index contributed by atoms with van der Waals surface area (Å²) in [5.41, 5.74) is 6.80. The zero-order chi connectivity index (χ0) is 19.2. The highest BCUT2D eigenvalue weighted by Crippen LogP contribution is 2.16. The van der Waals surface area contributed by atoms with Gasteiger partial charge in [-0.05, 0) is 50.6 Å². The van der Waals surface area contributed by atoms with Crippen LogP contribution in [-0.4, -0.2) is 30.2 Å². The lowest BCUT2D eigenvalue weighted by molar-refractivity contribution is 0.0954. The number of nitrogens with zero attached hydrogens (tertiary/aromatic N) is 3. The lowest BCUT2D eigenvalue weighted by Gasteiger charge is -2.20. The van der Waals surface area contributed by atoms with Gasteiger partial charge in [-0.25, -0.2) is 5.43 Å². The summed E-state index contributed by atoms with van der Waals surface area (Å²) in [5, 5.41) is 5.02. The number of carbonyl (C=O) groups is 1. The Hall–Kier alpha value is -3.21. The summed E-state index contributed by atoms with van der Waals surface area (Å²) in [6.45, 7) is 8.05. The number of carbonyl (C=O) groups excluding carboxylic acids is 1. The summed E-state index contributed by atoms with van der Waals surface area (Å²) in [5.74, 6) is -0.262. The number of hydrogen-bond acceptors (Lipinski definition) is 4. The average molecular weight is 360 g/mol. The van der Waals surface area contributed by atoms with Gasteiger partial charge in [-0.2, -0.15) is 5.10 Å². The van der Waals surface area contributed by atoms with Gasteiger partial charge in [0.1, 0.15) is 0 Å². The molecule has 0 unspecified atom stereocenters. The van der Waals surface area contributed by atoms with Crippen molar-refractivity contribution in [3.8, 4) is 0 Å². The Morgan fingerprint density at radius 3 is 2.52 bits per heavy atom. The van der Waals surface area contributed by atoms with Crippen molar-refractivity contribution in [3.05, 3.63) is 71.4 Å². The van der Waals surface area contributed by atoms with Crippen LogP contribution in [0.4, 0.5) is 5.69 Å². The molecule has 3 aromatic rings. The Bertz CT molecular complexity index is 960. The Balaban J connectivity index is 1.69. The summed E-state index contributed by atoms with van der Waals surface area (Å²) in [7, 11) is 0. The number of rotatable bonds is 6. The van der Waals surface area contributed by atoms with Gasteiger partial charge in [0, 0.05) is 24.2 Å². The van der Waals surface area contributed by atoms with Gasteiger partial charge in [0.25, 0.3) is 5.91 Å². The molecule has 1 heterocycles. The maximum absolute atomic E-state index is 12.4. The van der Waals surface area contributed by atoms with Crippen LogP contribution in [0.15, 0.2) is 59.7 Å². The molecule has 0 bridgehead atoms. The van der Waals surface area contributed by atoms with E-state index < -0.39 is 0 Å². The topological polar surface area (TPSA) is 57.6 Å². The Labute approximate surface area is 159 Å². The molecular formula is C22H24N4O. The van der Waals surface area contributed by atoms with E-state index in [2.05, 4.69) is 46.4 Å². The van der Waals surface area contributed by atoms with Crippen molar-refractivity contribution in [2.45, 2.75) is 20.8 Å². The standard InChI is InChI=1S/C22H24N4O/c1-4-26(5-2)19-12-10-17(11-13-19)15-23-25-22(27)20-14-18-8-6-7-9-21(18)24-16(20)3/h6-15H,4-5H2,1-3H3,(H,25,27)/b23-15-. The number of fused-ring (bicyclic) bond motifs is 1. The molecule has 138 valence electrons. The van der Waals surface area contributed by atoms with Crippen LogP contribution in [0.1, 0.15) is 35.5 Å². The molecule has 1 amide bonds. The van der Waals surface area contributed by atoms with Crippen molar-refractivity contribution < 1.29 is 4.79 Å². The molecule has 1 aromatic heterocycles. The highest BCUT2D eigenvalue weighted by molar-refractivity contribution is 5.99. The van der Waals surface area contributed by atoms with E-state index in [0.717, 1.165) is 29.6 Å². The largest absolute Gasteiger partial charge is 0.372 e. The Morgan fingerprint density at radius 1 is 1.11 bits per heavy atom. The minimum Gasteiger partial charge on any atom is -0.372 e. The van der Waals surface area contributed by atoms with Crippen LogP contribution < -0.4 is 10.3 Å². The quantitative estimate of drug-likeness (QED) is 0.531. The number of pyridine rings is 1. The minimum absolute atomic E-state index is 0.262. The lowest BCUT2D eigenvalue weighted by Crippen LogP contribution is -2.21. The van der Waals surface area contributed by atoms with E-state index in [1.807, 2.05) is 49.4 Å². The Kier molecular flexibility index (Phi) is 5.81. The maximum Gasteiger partial charge on any atom is 0.273 e. The fourth-order valence-corrected chi connectivity index (χ4v) is 3.03. The molecule has 5 nitrogen and oxygen atoms in total. The number of aromatic nitrogens is 1. The molecule has 0 aliphatic heterocycles. The van der Waals surface area contributed by atoms with Gasteiger partial charge in [-0.1, -0.05) is 30.3 Å². The van der Waals surface area contributed by atoms with Crippen LogP contribution in [0.3, 0.4) is 0 Å². The van der Waals surface area contributed by atoms with Crippen LogP contribution in [-0.2, 0) is 0 Å². The number of nitrogens with one attached hydrogen (secondary N) is 1. The normalized spacial score (nSPS) is 11.1. The molecule has 0 radical (unpaired) electrons. The zero-order valence-electron chi connectivity index (χ0n) is 15.9. The van der Waals surface area contributed by atoms with Gasteiger partial charge >= 0.3 is 0 Å². The van der Waals surface area contributed by atoms with Crippen LogP contribution in [0.5, 0.6) is 0 Å². The Morgan fingerprint density at radius 2 is 1.81 bits per heavy atom. The number of anilines is 1. The monoisotopic (exact) mass is 360 g/mol. The van der Waals surface area contributed by atoms with E-state index in [4.69, 9.17) is 0 Å². The molecular weight excluding hydrogens is 336 g/mol. The van der Waals surface area contributed by atoms with Crippen molar-refractivity contribution in [3.63, 3.8) is 0 Å². The first-order valence-electron chi connectivity index (χ1n) is 9.17. The van der Waals surface area contributed by atoms with Crippen molar-refractivity contribution in [2.75, 3.05) is 18.0 Å². The second kappa shape index (κ2) is 8.45. The molecule has 5 heteroatoms. The lowest BCUT2D eigenvalue weighted by atomic mass is 10.1. The third-order valence-corrected chi connectivity index (χ3v) is 4.56. The van der Waals surface area contributed by atoms with Crippen LogP contribution >= 0.6 is 0 Å². The minimum atomic E-state index is -0.262. The van der Waals surface area contributed by atoms with Crippen molar-refractivity contribution in [2.24, 2.45) is 5.10 Å². The van der Waals surface area contributed by atoms with E-state index in [1.165, 1.54) is 5.69 Å². The molecule has 0 saturated heterocycles. The molecule has 0 aliphatic carbocycles. The summed E-state index contributed by atoms with van der Waals surface area (Å²) in [6.07, 6.45) is 1.65. The fourth-order valence-electron chi connectivity index (χ4n) is 3.03. The number of hydrazone groups is 1. The van der Waals surface area contributed by atoms with Gasteiger partial charge < -0.3 is 4.90 Å². The summed E-state index contributed by atoms with van der Waals surface area (Å²) in [6, 6.07) is 17.7. The first-order valence-corrected chi connectivity index (χ1v) is 9.17. The predicted molar refractivity (Wildman–Crippen MR) is 112 cm³/mol. The third-order valence-electron chi connectivity index (χ3n) is 4.56.